The number of para-hydroxylation sites is 2. The Balaban J connectivity index is 1.84. The molecule has 6 heteroatoms. The van der Waals surface area contributed by atoms with Gasteiger partial charge in [-0.25, -0.2) is 14.4 Å². The third-order valence-corrected chi connectivity index (χ3v) is 5.31. The molecule has 142 valence electrons. The minimum Gasteiger partial charge on any atom is -0.489 e. The molecular weight excluding hydrogens is 373 g/mol. The number of anilines is 2. The van der Waals surface area contributed by atoms with Crippen molar-refractivity contribution >= 4 is 33.1 Å². The molecule has 4 aromatic rings. The quantitative estimate of drug-likeness (QED) is 0.430. The zero-order chi connectivity index (χ0) is 19.7. The van der Waals surface area contributed by atoms with E-state index in [1.54, 1.807) is 29.8 Å². The molecule has 0 aliphatic heterocycles. The number of fused-ring (bicyclic) bond motifs is 1. The Bertz CT molecular complexity index is 1120. The highest BCUT2D eigenvalue weighted by atomic mass is 32.1. The summed E-state index contributed by atoms with van der Waals surface area (Å²) >= 11 is 1.60. The fraction of sp³-hybridized carbons (Fsp3) is 0.182. The van der Waals surface area contributed by atoms with E-state index in [0.717, 1.165) is 37.7 Å². The summed E-state index contributed by atoms with van der Waals surface area (Å²) < 4.78 is 19.3. The highest BCUT2D eigenvalue weighted by Crippen LogP contribution is 2.41. The maximum Gasteiger partial charge on any atom is 0.143 e. The first-order valence-corrected chi connectivity index (χ1v) is 9.87. The van der Waals surface area contributed by atoms with Crippen molar-refractivity contribution in [1.82, 2.24) is 9.97 Å². The van der Waals surface area contributed by atoms with Crippen molar-refractivity contribution < 1.29 is 9.13 Å². The Labute approximate surface area is 167 Å². The van der Waals surface area contributed by atoms with Crippen molar-refractivity contribution in [3.8, 4) is 16.9 Å². The number of nitrogens with zero attached hydrogens (tertiary/aromatic N) is 2. The van der Waals surface area contributed by atoms with Gasteiger partial charge in [0.05, 0.1) is 17.2 Å². The van der Waals surface area contributed by atoms with Crippen LogP contribution in [0.5, 0.6) is 5.75 Å². The molecule has 0 fully saturated rings. The van der Waals surface area contributed by atoms with Gasteiger partial charge in [0, 0.05) is 10.4 Å². The third-order valence-electron chi connectivity index (χ3n) is 4.30. The first-order chi connectivity index (χ1) is 13.5. The third kappa shape index (κ3) is 3.55. The number of hydrogen-bond acceptors (Lipinski definition) is 5. The number of aryl methyl sites for hydroxylation is 1. The average Bonchev–Trinajstić information content (AvgIpc) is 3.00. The number of aromatic nitrogens is 2. The van der Waals surface area contributed by atoms with E-state index in [-0.39, 0.29) is 11.9 Å². The molecule has 4 rings (SSSR count). The summed E-state index contributed by atoms with van der Waals surface area (Å²) in [5.41, 5.74) is 2.80. The minimum atomic E-state index is -0.254. The van der Waals surface area contributed by atoms with Gasteiger partial charge in [0.15, 0.2) is 0 Å². The lowest BCUT2D eigenvalue weighted by Crippen LogP contribution is -2.07. The van der Waals surface area contributed by atoms with Gasteiger partial charge in [-0.1, -0.05) is 24.3 Å². The smallest absolute Gasteiger partial charge is 0.143 e. The SMILES string of the molecule is Cc1sc2ncnc(Nc3ccccc3OC(C)C)c2c1-c1ccc(F)cc1. The highest BCUT2D eigenvalue weighted by molar-refractivity contribution is 7.19. The van der Waals surface area contributed by atoms with Crippen molar-refractivity contribution in [1.29, 1.82) is 0 Å². The molecular formula is C22H20FN3OS. The van der Waals surface area contributed by atoms with Gasteiger partial charge < -0.3 is 10.1 Å². The van der Waals surface area contributed by atoms with Crippen LogP contribution in [0.3, 0.4) is 0 Å². The van der Waals surface area contributed by atoms with Crippen molar-refractivity contribution in [3.63, 3.8) is 0 Å². The number of thiophene rings is 1. The van der Waals surface area contributed by atoms with Crippen LogP contribution in [0.4, 0.5) is 15.9 Å². The predicted octanol–water partition coefficient (Wildman–Crippen LogP) is 6.34. The van der Waals surface area contributed by atoms with Crippen molar-refractivity contribution in [2.75, 3.05) is 5.32 Å². The fourth-order valence-electron chi connectivity index (χ4n) is 3.16. The van der Waals surface area contributed by atoms with Crippen LogP contribution in [-0.2, 0) is 0 Å². The molecule has 28 heavy (non-hydrogen) atoms. The Morgan fingerprint density at radius 1 is 1.04 bits per heavy atom. The summed E-state index contributed by atoms with van der Waals surface area (Å²) in [4.78, 5) is 10.9. The second-order valence-electron chi connectivity index (χ2n) is 6.73. The Hall–Kier alpha value is -2.99. The number of benzene rings is 2. The van der Waals surface area contributed by atoms with E-state index in [9.17, 15) is 4.39 Å². The maximum atomic E-state index is 13.4. The van der Waals surface area contributed by atoms with E-state index in [1.807, 2.05) is 45.0 Å². The van der Waals surface area contributed by atoms with E-state index in [4.69, 9.17) is 4.74 Å². The van der Waals surface area contributed by atoms with Crippen LogP contribution in [-0.4, -0.2) is 16.1 Å². The maximum absolute atomic E-state index is 13.4. The highest BCUT2D eigenvalue weighted by Gasteiger charge is 2.18. The minimum absolute atomic E-state index is 0.0616. The summed E-state index contributed by atoms with van der Waals surface area (Å²) in [6.45, 7) is 6.04. The Morgan fingerprint density at radius 2 is 1.79 bits per heavy atom. The van der Waals surface area contributed by atoms with Gasteiger partial charge in [-0.3, -0.25) is 0 Å². The Kier molecular flexibility index (Phi) is 4.96. The van der Waals surface area contributed by atoms with Crippen LogP contribution >= 0.6 is 11.3 Å². The van der Waals surface area contributed by atoms with Crippen LogP contribution in [0.1, 0.15) is 18.7 Å². The van der Waals surface area contributed by atoms with Crippen LogP contribution < -0.4 is 10.1 Å². The number of rotatable bonds is 5. The van der Waals surface area contributed by atoms with Crippen LogP contribution in [0.2, 0.25) is 0 Å². The van der Waals surface area contributed by atoms with Gasteiger partial charge in [-0.15, -0.1) is 11.3 Å². The lowest BCUT2D eigenvalue weighted by Gasteiger charge is -2.15. The topological polar surface area (TPSA) is 47.0 Å². The molecule has 0 aliphatic carbocycles. The number of halogens is 1. The summed E-state index contributed by atoms with van der Waals surface area (Å²) in [7, 11) is 0. The largest absolute Gasteiger partial charge is 0.489 e. The van der Waals surface area contributed by atoms with Gasteiger partial charge in [0.25, 0.3) is 0 Å². The van der Waals surface area contributed by atoms with Gasteiger partial charge >= 0.3 is 0 Å². The van der Waals surface area contributed by atoms with E-state index in [1.165, 1.54) is 12.1 Å². The lowest BCUT2D eigenvalue weighted by atomic mass is 10.0. The molecule has 2 aromatic carbocycles. The molecule has 0 unspecified atom stereocenters. The fourth-order valence-corrected chi connectivity index (χ4v) is 4.17. The number of hydrogen-bond donors (Lipinski definition) is 1. The molecule has 4 nitrogen and oxygen atoms in total. The van der Waals surface area contributed by atoms with Crippen molar-refractivity contribution in [2.45, 2.75) is 26.9 Å². The van der Waals surface area contributed by atoms with Gasteiger partial charge in [0.1, 0.15) is 28.5 Å². The van der Waals surface area contributed by atoms with E-state index >= 15 is 0 Å². The number of ether oxygens (including phenoxy) is 1. The van der Waals surface area contributed by atoms with Crippen LogP contribution in [0, 0.1) is 12.7 Å². The van der Waals surface area contributed by atoms with Gasteiger partial charge in [-0.2, -0.15) is 0 Å². The number of nitrogens with one attached hydrogen (secondary N) is 1. The van der Waals surface area contributed by atoms with Gasteiger partial charge in [0.2, 0.25) is 0 Å². The second kappa shape index (κ2) is 7.56. The Morgan fingerprint density at radius 3 is 2.54 bits per heavy atom. The van der Waals surface area contributed by atoms with Gasteiger partial charge in [-0.05, 0) is 50.6 Å². The first-order valence-electron chi connectivity index (χ1n) is 9.05. The molecule has 0 aliphatic rings. The molecule has 0 saturated carbocycles. The monoisotopic (exact) mass is 393 g/mol. The summed E-state index contributed by atoms with van der Waals surface area (Å²) in [5, 5.41) is 4.34. The standard InChI is InChI=1S/C22H20FN3OS/c1-13(2)27-18-7-5-4-6-17(18)26-21-20-19(15-8-10-16(23)11-9-15)14(3)28-22(20)25-12-24-21/h4-13H,1-3H3,(H,24,25,26). The van der Waals surface area contributed by atoms with E-state index in [2.05, 4.69) is 15.3 Å². The van der Waals surface area contributed by atoms with E-state index < -0.39 is 0 Å². The molecule has 0 amide bonds. The van der Waals surface area contributed by atoms with Crippen molar-refractivity contribution in [3.05, 3.63) is 65.6 Å². The summed E-state index contributed by atoms with van der Waals surface area (Å²) in [5.74, 6) is 1.21. The molecule has 2 heterocycles. The molecule has 0 spiro atoms. The molecule has 2 aromatic heterocycles. The first kappa shape index (κ1) is 18.4. The normalized spacial score (nSPS) is 11.2. The zero-order valence-electron chi connectivity index (χ0n) is 15.9. The second-order valence-corrected chi connectivity index (χ2v) is 7.93. The average molecular weight is 393 g/mol. The van der Waals surface area contributed by atoms with Crippen molar-refractivity contribution in [2.24, 2.45) is 0 Å². The molecule has 0 saturated heterocycles. The lowest BCUT2D eigenvalue weighted by molar-refractivity contribution is 0.244. The van der Waals surface area contributed by atoms with Crippen LogP contribution in [0.25, 0.3) is 21.3 Å². The predicted molar refractivity (Wildman–Crippen MR) is 113 cm³/mol. The summed E-state index contributed by atoms with van der Waals surface area (Å²) in [6, 6.07) is 14.3. The molecule has 0 bridgehead atoms. The molecule has 0 atom stereocenters. The van der Waals surface area contributed by atoms with Crippen LogP contribution in [0.15, 0.2) is 54.9 Å². The molecule has 1 N–H and O–H groups in total. The van der Waals surface area contributed by atoms with E-state index in [0.29, 0.717) is 5.82 Å². The molecule has 0 radical (unpaired) electrons. The zero-order valence-corrected chi connectivity index (χ0v) is 16.7. The summed E-state index contributed by atoms with van der Waals surface area (Å²) in [6.07, 6.45) is 1.62.